The standard InChI is InChI=1S/C23H38N2O2/c1-4-25-22(26)8-6-16-24-17-13-19(3)18-23(14-7-15-23)20-9-11-21(12-10-20)27-5-2/h9-12,19,24H,4-8,13-18H2,1-3H3,(H,25,26). The molecule has 1 saturated carbocycles. The van der Waals surface area contributed by atoms with Gasteiger partial charge in [-0.3, -0.25) is 4.79 Å². The van der Waals surface area contributed by atoms with Gasteiger partial charge in [-0.05, 0) is 88.1 Å². The van der Waals surface area contributed by atoms with Crippen molar-refractivity contribution < 1.29 is 9.53 Å². The SMILES string of the molecule is CCNC(=O)CCCNCCC(C)CC1(c2ccc(OCC)cc2)CCC1. The second kappa shape index (κ2) is 11.3. The molecule has 0 aromatic heterocycles. The average molecular weight is 375 g/mol. The molecular weight excluding hydrogens is 336 g/mol. The molecule has 27 heavy (non-hydrogen) atoms. The quantitative estimate of drug-likeness (QED) is 0.502. The zero-order valence-electron chi connectivity index (χ0n) is 17.5. The molecule has 0 aliphatic heterocycles. The van der Waals surface area contributed by atoms with Gasteiger partial charge >= 0.3 is 0 Å². The summed E-state index contributed by atoms with van der Waals surface area (Å²) < 4.78 is 5.59. The maximum atomic E-state index is 11.4. The van der Waals surface area contributed by atoms with Gasteiger partial charge in [0, 0.05) is 13.0 Å². The van der Waals surface area contributed by atoms with Gasteiger partial charge in [-0.1, -0.05) is 25.5 Å². The molecule has 1 aliphatic carbocycles. The van der Waals surface area contributed by atoms with Crippen LogP contribution in [0.25, 0.3) is 0 Å². The number of benzene rings is 1. The molecule has 4 heteroatoms. The molecule has 0 heterocycles. The third-order valence-electron chi connectivity index (χ3n) is 5.77. The smallest absolute Gasteiger partial charge is 0.220 e. The first kappa shape index (κ1) is 21.7. The van der Waals surface area contributed by atoms with Gasteiger partial charge in [0.2, 0.25) is 5.91 Å². The molecule has 0 bridgehead atoms. The van der Waals surface area contributed by atoms with Crippen LogP contribution in [0.1, 0.15) is 71.3 Å². The van der Waals surface area contributed by atoms with Crippen molar-refractivity contribution in [2.45, 2.75) is 71.1 Å². The molecule has 1 amide bonds. The first-order valence-corrected chi connectivity index (χ1v) is 10.8. The molecule has 2 N–H and O–H groups in total. The summed E-state index contributed by atoms with van der Waals surface area (Å²) in [6.07, 6.45) is 7.96. The Morgan fingerprint density at radius 1 is 1.19 bits per heavy atom. The average Bonchev–Trinajstić information content (AvgIpc) is 2.62. The minimum absolute atomic E-state index is 0.162. The molecule has 0 radical (unpaired) electrons. The van der Waals surface area contributed by atoms with E-state index in [0.29, 0.717) is 17.8 Å². The fraction of sp³-hybridized carbons (Fsp3) is 0.696. The summed E-state index contributed by atoms with van der Waals surface area (Å²) in [7, 11) is 0. The Labute approximate surface area is 165 Å². The molecule has 0 saturated heterocycles. The Balaban J connectivity index is 1.70. The molecule has 152 valence electrons. The lowest BCUT2D eigenvalue weighted by atomic mass is 9.60. The third-order valence-corrected chi connectivity index (χ3v) is 5.77. The first-order chi connectivity index (χ1) is 13.1. The van der Waals surface area contributed by atoms with Gasteiger partial charge in [0.05, 0.1) is 6.61 Å². The fourth-order valence-electron chi connectivity index (χ4n) is 4.19. The van der Waals surface area contributed by atoms with Crippen LogP contribution in [0.2, 0.25) is 0 Å². The predicted molar refractivity (Wildman–Crippen MR) is 112 cm³/mol. The second-order valence-corrected chi connectivity index (χ2v) is 8.00. The monoisotopic (exact) mass is 374 g/mol. The molecule has 1 fully saturated rings. The number of rotatable bonds is 13. The predicted octanol–water partition coefficient (Wildman–Crippen LogP) is 4.43. The van der Waals surface area contributed by atoms with Crippen LogP contribution in [0.5, 0.6) is 5.75 Å². The van der Waals surface area contributed by atoms with Crippen LogP contribution in [0.15, 0.2) is 24.3 Å². The van der Waals surface area contributed by atoms with E-state index in [1.54, 1.807) is 0 Å². The van der Waals surface area contributed by atoms with E-state index in [2.05, 4.69) is 41.8 Å². The van der Waals surface area contributed by atoms with E-state index < -0.39 is 0 Å². The second-order valence-electron chi connectivity index (χ2n) is 8.00. The molecule has 1 aromatic carbocycles. The lowest BCUT2D eigenvalue weighted by Crippen LogP contribution is -2.36. The van der Waals surface area contributed by atoms with E-state index in [9.17, 15) is 4.79 Å². The first-order valence-electron chi connectivity index (χ1n) is 10.8. The van der Waals surface area contributed by atoms with Crippen LogP contribution in [-0.2, 0) is 10.2 Å². The van der Waals surface area contributed by atoms with Crippen molar-refractivity contribution in [3.8, 4) is 5.75 Å². The number of carbonyl (C=O) groups is 1. The van der Waals surface area contributed by atoms with Crippen molar-refractivity contribution in [1.29, 1.82) is 0 Å². The highest BCUT2D eigenvalue weighted by Gasteiger charge is 2.39. The van der Waals surface area contributed by atoms with Crippen LogP contribution >= 0.6 is 0 Å². The summed E-state index contributed by atoms with van der Waals surface area (Å²) in [4.78, 5) is 11.4. The van der Waals surface area contributed by atoms with E-state index in [1.165, 1.54) is 37.7 Å². The van der Waals surface area contributed by atoms with E-state index in [1.807, 2.05) is 13.8 Å². The molecule has 1 atom stereocenters. The Bertz CT molecular complexity index is 552. The highest BCUT2D eigenvalue weighted by atomic mass is 16.5. The lowest BCUT2D eigenvalue weighted by Gasteiger charge is -2.44. The van der Waals surface area contributed by atoms with E-state index in [-0.39, 0.29) is 5.91 Å². The van der Waals surface area contributed by atoms with Crippen LogP contribution < -0.4 is 15.4 Å². The summed E-state index contributed by atoms with van der Waals surface area (Å²) in [6.45, 7) is 9.77. The topological polar surface area (TPSA) is 50.4 Å². The van der Waals surface area contributed by atoms with Crippen LogP contribution in [-0.4, -0.2) is 32.1 Å². The fourth-order valence-corrected chi connectivity index (χ4v) is 4.19. The molecule has 2 rings (SSSR count). The molecule has 0 spiro atoms. The Hall–Kier alpha value is -1.55. The zero-order valence-corrected chi connectivity index (χ0v) is 17.5. The number of nitrogens with one attached hydrogen (secondary N) is 2. The van der Waals surface area contributed by atoms with Gasteiger partial charge in [-0.15, -0.1) is 0 Å². The van der Waals surface area contributed by atoms with Gasteiger partial charge in [-0.2, -0.15) is 0 Å². The van der Waals surface area contributed by atoms with E-state index in [4.69, 9.17) is 4.74 Å². The summed E-state index contributed by atoms with van der Waals surface area (Å²) in [6, 6.07) is 8.80. The van der Waals surface area contributed by atoms with Crippen LogP contribution in [0.4, 0.5) is 0 Å². The summed E-state index contributed by atoms with van der Waals surface area (Å²) in [5.41, 5.74) is 1.86. The molecule has 4 nitrogen and oxygen atoms in total. The van der Waals surface area contributed by atoms with Crippen molar-refractivity contribution in [3.63, 3.8) is 0 Å². The Kier molecular flexibility index (Phi) is 9.12. The van der Waals surface area contributed by atoms with Crippen molar-refractivity contribution >= 4 is 5.91 Å². The van der Waals surface area contributed by atoms with E-state index in [0.717, 1.165) is 38.4 Å². The molecule has 1 aromatic rings. The molecule has 1 unspecified atom stereocenters. The molecular formula is C23H38N2O2. The number of ether oxygens (including phenoxy) is 1. The van der Waals surface area contributed by atoms with Crippen LogP contribution in [0, 0.1) is 5.92 Å². The maximum Gasteiger partial charge on any atom is 0.220 e. The van der Waals surface area contributed by atoms with Crippen molar-refractivity contribution in [1.82, 2.24) is 10.6 Å². The van der Waals surface area contributed by atoms with Gasteiger partial charge in [0.15, 0.2) is 0 Å². The van der Waals surface area contributed by atoms with Gasteiger partial charge in [0.1, 0.15) is 5.75 Å². The largest absolute Gasteiger partial charge is 0.494 e. The third kappa shape index (κ3) is 6.84. The van der Waals surface area contributed by atoms with Crippen molar-refractivity contribution in [3.05, 3.63) is 29.8 Å². The van der Waals surface area contributed by atoms with Gasteiger partial charge in [-0.25, -0.2) is 0 Å². The number of amides is 1. The summed E-state index contributed by atoms with van der Waals surface area (Å²) >= 11 is 0. The number of carbonyl (C=O) groups excluding carboxylic acids is 1. The van der Waals surface area contributed by atoms with E-state index >= 15 is 0 Å². The highest BCUT2D eigenvalue weighted by Crippen LogP contribution is 2.48. The minimum Gasteiger partial charge on any atom is -0.494 e. The highest BCUT2D eigenvalue weighted by molar-refractivity contribution is 5.75. The maximum absolute atomic E-state index is 11.4. The Morgan fingerprint density at radius 2 is 1.93 bits per heavy atom. The number of hydrogen-bond donors (Lipinski definition) is 2. The minimum atomic E-state index is 0.162. The van der Waals surface area contributed by atoms with Gasteiger partial charge < -0.3 is 15.4 Å². The zero-order chi connectivity index (χ0) is 19.5. The summed E-state index contributed by atoms with van der Waals surface area (Å²) in [5, 5.41) is 6.34. The van der Waals surface area contributed by atoms with Crippen molar-refractivity contribution in [2.24, 2.45) is 5.92 Å². The summed E-state index contributed by atoms with van der Waals surface area (Å²) in [5.74, 6) is 1.84. The number of hydrogen-bond acceptors (Lipinski definition) is 3. The molecule has 1 aliphatic rings. The van der Waals surface area contributed by atoms with Gasteiger partial charge in [0.25, 0.3) is 0 Å². The Morgan fingerprint density at radius 3 is 2.52 bits per heavy atom. The van der Waals surface area contributed by atoms with Crippen molar-refractivity contribution in [2.75, 3.05) is 26.2 Å². The normalized spacial score (nSPS) is 16.4. The lowest BCUT2D eigenvalue weighted by molar-refractivity contribution is -0.121. The van der Waals surface area contributed by atoms with Crippen LogP contribution in [0.3, 0.4) is 0 Å².